The zero-order valence-corrected chi connectivity index (χ0v) is 20.5. The summed E-state index contributed by atoms with van der Waals surface area (Å²) in [5, 5.41) is 3.91. The number of hydrogen-bond acceptors (Lipinski definition) is 5. The Bertz CT molecular complexity index is 1470. The van der Waals surface area contributed by atoms with Gasteiger partial charge in [0.2, 0.25) is 11.8 Å². The number of para-hydroxylation sites is 1. The quantitative estimate of drug-likeness (QED) is 0.327. The van der Waals surface area contributed by atoms with Gasteiger partial charge in [0.1, 0.15) is 6.04 Å². The maximum atomic E-state index is 13.7. The molecule has 10 nitrogen and oxygen atoms in total. The van der Waals surface area contributed by atoms with Gasteiger partial charge in [0, 0.05) is 48.8 Å². The Morgan fingerprint density at radius 3 is 2.64 bits per heavy atom. The van der Waals surface area contributed by atoms with Crippen molar-refractivity contribution in [2.75, 3.05) is 13.1 Å². The van der Waals surface area contributed by atoms with E-state index in [1.165, 1.54) is 0 Å². The number of carbonyl (C=O) groups excluding carboxylic acids is 2. The molecule has 5 N–H and O–H groups in total. The van der Waals surface area contributed by atoms with E-state index in [-0.39, 0.29) is 23.5 Å². The first kappa shape index (κ1) is 23.8. The predicted octanol–water partition coefficient (Wildman–Crippen LogP) is 1.83. The van der Waals surface area contributed by atoms with Gasteiger partial charge >= 0.3 is 5.69 Å². The number of piperidine rings is 1. The Hall–Kier alpha value is -3.92. The van der Waals surface area contributed by atoms with Gasteiger partial charge in [-0.3, -0.25) is 14.2 Å². The summed E-state index contributed by atoms with van der Waals surface area (Å²) in [4.78, 5) is 51.2. The van der Waals surface area contributed by atoms with Gasteiger partial charge in [-0.15, -0.1) is 0 Å². The van der Waals surface area contributed by atoms with Gasteiger partial charge in [0.05, 0.1) is 11.1 Å². The molecule has 36 heavy (non-hydrogen) atoms. The number of H-pyrrole nitrogens is 2. The van der Waals surface area contributed by atoms with Crippen molar-refractivity contribution in [3.63, 3.8) is 0 Å². The van der Waals surface area contributed by atoms with Gasteiger partial charge in [-0.1, -0.05) is 18.2 Å². The minimum Gasteiger partial charge on any atom is -0.361 e. The molecule has 1 aromatic carbocycles. The van der Waals surface area contributed by atoms with Crippen molar-refractivity contribution >= 4 is 33.9 Å². The lowest BCUT2D eigenvalue weighted by Crippen LogP contribution is -2.57. The number of pyridine rings is 1. The van der Waals surface area contributed by atoms with Gasteiger partial charge in [0.25, 0.3) is 0 Å². The summed E-state index contributed by atoms with van der Waals surface area (Å²) < 4.78 is 1.69. The highest BCUT2D eigenvalue weighted by atomic mass is 16.2. The lowest BCUT2D eigenvalue weighted by Gasteiger charge is -2.35. The number of nitrogens with one attached hydrogen (secondary N) is 3. The number of nitrogens with zero attached hydrogens (tertiary/aromatic N) is 3. The van der Waals surface area contributed by atoms with Crippen LogP contribution in [0.4, 0.5) is 0 Å². The van der Waals surface area contributed by atoms with E-state index in [1.54, 1.807) is 35.6 Å². The average Bonchev–Trinajstić information content (AvgIpc) is 3.42. The average molecular weight is 490 g/mol. The molecule has 4 aromatic rings. The Morgan fingerprint density at radius 1 is 1.17 bits per heavy atom. The molecule has 1 saturated heterocycles. The summed E-state index contributed by atoms with van der Waals surface area (Å²) in [6.07, 6.45) is 5.13. The highest BCUT2D eigenvalue weighted by molar-refractivity contribution is 5.92. The smallest absolute Gasteiger partial charge is 0.327 e. The minimum atomic E-state index is -1.12. The number of imidazole rings is 1. The van der Waals surface area contributed by atoms with Crippen LogP contribution in [0.25, 0.3) is 22.1 Å². The number of hydrogen-bond donors (Lipinski definition) is 4. The molecular formula is C26H31N7O3. The SMILES string of the molecule is CC(C)(N)C(=O)NC(Cc1c[nH]c2ccccc12)C(=O)N1CCC(n2c(=O)[nH]c3cccnc32)CC1. The van der Waals surface area contributed by atoms with Crippen molar-refractivity contribution in [3.05, 3.63) is 64.8 Å². The van der Waals surface area contributed by atoms with E-state index in [0.717, 1.165) is 16.5 Å². The highest BCUT2D eigenvalue weighted by Gasteiger charge is 2.33. The molecule has 10 heteroatoms. The van der Waals surface area contributed by atoms with Gasteiger partial charge in [0.15, 0.2) is 5.65 Å². The number of aromatic nitrogens is 4. The van der Waals surface area contributed by atoms with Crippen LogP contribution in [0.5, 0.6) is 0 Å². The monoisotopic (exact) mass is 489 g/mol. The zero-order valence-electron chi connectivity index (χ0n) is 20.5. The summed E-state index contributed by atoms with van der Waals surface area (Å²) in [7, 11) is 0. The van der Waals surface area contributed by atoms with Crippen molar-refractivity contribution in [1.29, 1.82) is 0 Å². The van der Waals surface area contributed by atoms with E-state index in [1.807, 2.05) is 36.5 Å². The summed E-state index contributed by atoms with van der Waals surface area (Å²) in [5.41, 5.74) is 7.96. The third-order valence-electron chi connectivity index (χ3n) is 6.90. The van der Waals surface area contributed by atoms with Gasteiger partial charge in [-0.25, -0.2) is 9.78 Å². The lowest BCUT2D eigenvalue weighted by molar-refractivity contribution is -0.138. The fourth-order valence-electron chi connectivity index (χ4n) is 4.93. The van der Waals surface area contributed by atoms with E-state index in [9.17, 15) is 14.4 Å². The molecule has 2 amide bonds. The maximum Gasteiger partial charge on any atom is 0.327 e. The molecule has 0 saturated carbocycles. The summed E-state index contributed by atoms with van der Waals surface area (Å²) in [6.45, 7) is 4.19. The number of aromatic amines is 2. The normalized spacial score (nSPS) is 15.9. The van der Waals surface area contributed by atoms with Crippen LogP contribution in [0.2, 0.25) is 0 Å². The van der Waals surface area contributed by atoms with Crippen molar-refractivity contribution in [3.8, 4) is 0 Å². The first-order valence-corrected chi connectivity index (χ1v) is 12.2. The van der Waals surface area contributed by atoms with E-state index >= 15 is 0 Å². The van der Waals surface area contributed by atoms with E-state index < -0.39 is 11.6 Å². The van der Waals surface area contributed by atoms with Crippen molar-refractivity contribution in [1.82, 2.24) is 29.7 Å². The van der Waals surface area contributed by atoms with Crippen LogP contribution in [0.1, 0.15) is 38.3 Å². The van der Waals surface area contributed by atoms with Gasteiger partial charge < -0.3 is 25.9 Å². The second kappa shape index (κ2) is 9.27. The molecule has 188 valence electrons. The van der Waals surface area contributed by atoms with Crippen molar-refractivity contribution < 1.29 is 9.59 Å². The number of likely N-dealkylation sites (tertiary alicyclic amines) is 1. The number of benzene rings is 1. The second-order valence-electron chi connectivity index (χ2n) is 10.0. The third-order valence-corrected chi connectivity index (χ3v) is 6.90. The zero-order chi connectivity index (χ0) is 25.4. The predicted molar refractivity (Wildman–Crippen MR) is 137 cm³/mol. The lowest BCUT2D eigenvalue weighted by atomic mass is 9.99. The molecule has 0 spiro atoms. The van der Waals surface area contributed by atoms with E-state index in [2.05, 4.69) is 20.3 Å². The molecule has 1 fully saturated rings. The van der Waals surface area contributed by atoms with Crippen molar-refractivity contribution in [2.24, 2.45) is 5.73 Å². The first-order valence-electron chi connectivity index (χ1n) is 12.2. The molecular weight excluding hydrogens is 458 g/mol. The fourth-order valence-corrected chi connectivity index (χ4v) is 4.93. The Balaban J connectivity index is 1.34. The first-order chi connectivity index (χ1) is 17.2. The van der Waals surface area contributed by atoms with Crippen LogP contribution in [-0.4, -0.2) is 60.9 Å². The Labute approximate surface area is 207 Å². The van der Waals surface area contributed by atoms with Crippen LogP contribution >= 0.6 is 0 Å². The molecule has 1 unspecified atom stereocenters. The second-order valence-corrected chi connectivity index (χ2v) is 10.0. The molecule has 4 heterocycles. The van der Waals surface area contributed by atoms with E-state index in [0.29, 0.717) is 43.5 Å². The van der Waals surface area contributed by atoms with E-state index in [4.69, 9.17) is 5.73 Å². The number of carbonyl (C=O) groups is 2. The number of rotatable bonds is 6. The number of nitrogens with two attached hydrogens (primary N) is 1. The summed E-state index contributed by atoms with van der Waals surface area (Å²) in [6, 6.07) is 10.7. The summed E-state index contributed by atoms with van der Waals surface area (Å²) in [5.74, 6) is -0.535. The van der Waals surface area contributed by atoms with Crippen LogP contribution < -0.4 is 16.7 Å². The third kappa shape index (κ3) is 4.51. The molecule has 0 bridgehead atoms. The Morgan fingerprint density at radius 2 is 1.89 bits per heavy atom. The number of amides is 2. The Kier molecular flexibility index (Phi) is 6.13. The largest absolute Gasteiger partial charge is 0.361 e. The van der Waals surface area contributed by atoms with Crippen molar-refractivity contribution in [2.45, 2.75) is 50.7 Å². The molecule has 1 atom stereocenters. The summed E-state index contributed by atoms with van der Waals surface area (Å²) >= 11 is 0. The molecule has 5 rings (SSSR count). The molecule has 0 aliphatic carbocycles. The van der Waals surface area contributed by atoms with Crippen LogP contribution in [-0.2, 0) is 16.0 Å². The number of fused-ring (bicyclic) bond motifs is 2. The maximum absolute atomic E-state index is 13.7. The van der Waals surface area contributed by atoms with Crippen LogP contribution in [0.15, 0.2) is 53.6 Å². The highest BCUT2D eigenvalue weighted by Crippen LogP contribution is 2.25. The molecule has 1 aliphatic rings. The standard InChI is InChI=1S/C26H31N7O3/c1-26(2,27)24(35)30-21(14-16-15-29-19-7-4-3-6-18(16)19)23(34)32-12-9-17(10-13-32)33-22-20(31-25(33)36)8-5-11-28-22/h3-8,11,15,17,21,29H,9-10,12-14,27H2,1-2H3,(H,30,35)(H,31,36). The minimum absolute atomic E-state index is 0.0603. The fraction of sp³-hybridized carbons (Fsp3) is 0.385. The molecule has 1 aliphatic heterocycles. The van der Waals surface area contributed by atoms with Crippen LogP contribution in [0, 0.1) is 0 Å². The van der Waals surface area contributed by atoms with Crippen LogP contribution in [0.3, 0.4) is 0 Å². The molecule has 3 aromatic heterocycles. The van der Waals surface area contributed by atoms with Gasteiger partial charge in [-0.2, -0.15) is 0 Å². The molecule has 0 radical (unpaired) electrons. The van der Waals surface area contributed by atoms with Gasteiger partial charge in [-0.05, 0) is 50.5 Å². The topological polar surface area (TPSA) is 142 Å².